The highest BCUT2D eigenvalue weighted by atomic mass is 14.8. The van der Waals surface area contributed by atoms with Gasteiger partial charge in [0.25, 0.3) is 0 Å². The third-order valence-electron chi connectivity index (χ3n) is 1.35. The number of nitrogens with two attached hydrogens (primary N) is 2. The standard InChI is InChI=1S/C8H18N2/c1-3-9-7-5-6-8-10-4-2/h5-6,9-10H,3-4,7-8H2,1-2H3/p+2/b6-5+. The van der Waals surface area contributed by atoms with Gasteiger partial charge in [-0.1, -0.05) is 0 Å². The highest BCUT2D eigenvalue weighted by Crippen LogP contribution is 1.58. The van der Waals surface area contributed by atoms with Crippen molar-refractivity contribution in [2.75, 3.05) is 26.2 Å². The largest absolute Gasteiger partial charge is 0.343 e. The van der Waals surface area contributed by atoms with E-state index in [1.165, 1.54) is 13.1 Å². The molecular weight excluding hydrogens is 124 g/mol. The fourth-order valence-electron chi connectivity index (χ4n) is 0.718. The van der Waals surface area contributed by atoms with Gasteiger partial charge in [0.1, 0.15) is 0 Å². The Kier molecular flexibility index (Phi) is 8.37. The number of rotatable bonds is 6. The first-order chi connectivity index (χ1) is 4.91. The third kappa shape index (κ3) is 7.66. The molecule has 0 spiro atoms. The Morgan fingerprint density at radius 2 is 1.30 bits per heavy atom. The zero-order chi connectivity index (χ0) is 7.66. The Hall–Kier alpha value is -0.340. The van der Waals surface area contributed by atoms with E-state index in [1.807, 2.05) is 0 Å². The summed E-state index contributed by atoms with van der Waals surface area (Å²) in [5.41, 5.74) is 0. The van der Waals surface area contributed by atoms with E-state index in [0.29, 0.717) is 0 Å². The van der Waals surface area contributed by atoms with Crippen molar-refractivity contribution in [2.24, 2.45) is 0 Å². The quantitative estimate of drug-likeness (QED) is 0.343. The zero-order valence-corrected chi connectivity index (χ0v) is 7.14. The molecule has 0 amide bonds. The SMILES string of the molecule is CC[NH2+]C/C=C/C[NH2+]CC. The second-order valence-electron chi connectivity index (χ2n) is 2.34. The van der Waals surface area contributed by atoms with Crippen molar-refractivity contribution in [1.82, 2.24) is 0 Å². The van der Waals surface area contributed by atoms with Crippen LogP contribution >= 0.6 is 0 Å². The van der Waals surface area contributed by atoms with Gasteiger partial charge in [0, 0.05) is 0 Å². The third-order valence-corrected chi connectivity index (χ3v) is 1.35. The number of quaternary nitrogens is 2. The normalized spacial score (nSPS) is 11.0. The van der Waals surface area contributed by atoms with Crippen LogP contribution in [0.1, 0.15) is 13.8 Å². The van der Waals surface area contributed by atoms with E-state index in [2.05, 4.69) is 36.6 Å². The molecule has 0 aliphatic heterocycles. The summed E-state index contributed by atoms with van der Waals surface area (Å²) in [7, 11) is 0. The Bertz CT molecular complexity index is 69.3. The molecule has 0 saturated heterocycles. The van der Waals surface area contributed by atoms with Gasteiger partial charge < -0.3 is 10.6 Å². The summed E-state index contributed by atoms with van der Waals surface area (Å²) in [6, 6.07) is 0. The van der Waals surface area contributed by atoms with E-state index in [0.717, 1.165) is 13.1 Å². The second kappa shape index (κ2) is 8.66. The fourth-order valence-corrected chi connectivity index (χ4v) is 0.718. The van der Waals surface area contributed by atoms with Crippen molar-refractivity contribution in [2.45, 2.75) is 13.8 Å². The van der Waals surface area contributed by atoms with Crippen LogP contribution < -0.4 is 10.6 Å². The molecule has 0 aliphatic carbocycles. The maximum atomic E-state index is 2.28. The average molecular weight is 144 g/mol. The summed E-state index contributed by atoms with van der Waals surface area (Å²) in [4.78, 5) is 0. The van der Waals surface area contributed by atoms with Crippen LogP contribution in [0.3, 0.4) is 0 Å². The molecule has 0 fully saturated rings. The molecule has 2 nitrogen and oxygen atoms in total. The molecule has 0 bridgehead atoms. The minimum absolute atomic E-state index is 1.13. The predicted molar refractivity (Wildman–Crippen MR) is 43.8 cm³/mol. The molecular formula is C8H20N2+2. The highest BCUT2D eigenvalue weighted by molar-refractivity contribution is 4.78. The molecule has 4 N–H and O–H groups in total. The molecule has 10 heavy (non-hydrogen) atoms. The maximum absolute atomic E-state index is 2.28. The Balaban J connectivity index is 2.89. The van der Waals surface area contributed by atoms with Gasteiger partial charge in [-0.05, 0) is 26.0 Å². The van der Waals surface area contributed by atoms with Crippen molar-refractivity contribution in [3.63, 3.8) is 0 Å². The summed E-state index contributed by atoms with van der Waals surface area (Å²) >= 11 is 0. The van der Waals surface area contributed by atoms with E-state index in [-0.39, 0.29) is 0 Å². The Labute approximate surface area is 63.7 Å². The fraction of sp³-hybridized carbons (Fsp3) is 0.750. The molecule has 0 aromatic carbocycles. The first-order valence-corrected chi connectivity index (χ1v) is 4.20. The lowest BCUT2D eigenvalue weighted by Gasteiger charge is -1.91. The topological polar surface area (TPSA) is 33.2 Å². The van der Waals surface area contributed by atoms with Gasteiger partial charge in [0.05, 0.1) is 26.2 Å². The Morgan fingerprint density at radius 1 is 0.900 bits per heavy atom. The summed E-state index contributed by atoms with van der Waals surface area (Å²) in [5.74, 6) is 0. The monoisotopic (exact) mass is 144 g/mol. The van der Waals surface area contributed by atoms with Crippen molar-refractivity contribution >= 4 is 0 Å². The maximum Gasteiger partial charge on any atom is 0.0944 e. The van der Waals surface area contributed by atoms with Gasteiger partial charge in [-0.2, -0.15) is 0 Å². The van der Waals surface area contributed by atoms with Crippen molar-refractivity contribution in [3.05, 3.63) is 12.2 Å². The number of hydrogen-bond acceptors (Lipinski definition) is 0. The lowest BCUT2D eigenvalue weighted by Crippen LogP contribution is -2.84. The van der Waals surface area contributed by atoms with Crippen LogP contribution in [0.2, 0.25) is 0 Å². The van der Waals surface area contributed by atoms with Crippen LogP contribution in [0.4, 0.5) is 0 Å². The van der Waals surface area contributed by atoms with E-state index < -0.39 is 0 Å². The first kappa shape index (κ1) is 9.66. The Morgan fingerprint density at radius 3 is 1.60 bits per heavy atom. The summed E-state index contributed by atoms with van der Waals surface area (Å²) in [6.07, 6.45) is 4.46. The van der Waals surface area contributed by atoms with Crippen LogP contribution in [-0.2, 0) is 0 Å². The minimum Gasteiger partial charge on any atom is -0.343 e. The smallest absolute Gasteiger partial charge is 0.0944 e. The molecule has 60 valence electrons. The summed E-state index contributed by atoms with van der Waals surface area (Å²) in [6.45, 7) is 8.98. The van der Waals surface area contributed by atoms with E-state index in [1.54, 1.807) is 0 Å². The van der Waals surface area contributed by atoms with Crippen LogP contribution in [0, 0.1) is 0 Å². The van der Waals surface area contributed by atoms with Crippen LogP contribution in [0.15, 0.2) is 12.2 Å². The van der Waals surface area contributed by atoms with E-state index in [4.69, 9.17) is 0 Å². The van der Waals surface area contributed by atoms with Gasteiger partial charge >= 0.3 is 0 Å². The van der Waals surface area contributed by atoms with Gasteiger partial charge in [0.15, 0.2) is 0 Å². The molecule has 0 heterocycles. The first-order valence-electron chi connectivity index (χ1n) is 4.20. The molecule has 0 aromatic heterocycles. The van der Waals surface area contributed by atoms with Gasteiger partial charge in [-0.25, -0.2) is 0 Å². The van der Waals surface area contributed by atoms with Crippen LogP contribution in [0.5, 0.6) is 0 Å². The molecule has 0 atom stereocenters. The van der Waals surface area contributed by atoms with Crippen molar-refractivity contribution in [1.29, 1.82) is 0 Å². The molecule has 0 radical (unpaired) electrons. The number of likely N-dealkylation sites (N-methyl/N-ethyl adjacent to an activating group) is 2. The van der Waals surface area contributed by atoms with Crippen LogP contribution in [-0.4, -0.2) is 26.2 Å². The highest BCUT2D eigenvalue weighted by Gasteiger charge is 1.79. The van der Waals surface area contributed by atoms with Gasteiger partial charge in [-0.3, -0.25) is 0 Å². The van der Waals surface area contributed by atoms with Gasteiger partial charge in [-0.15, -0.1) is 0 Å². The molecule has 0 rings (SSSR count). The lowest BCUT2D eigenvalue weighted by atomic mass is 10.4. The molecule has 2 heteroatoms. The second-order valence-corrected chi connectivity index (χ2v) is 2.34. The van der Waals surface area contributed by atoms with E-state index >= 15 is 0 Å². The molecule has 0 saturated carbocycles. The minimum atomic E-state index is 1.13. The summed E-state index contributed by atoms with van der Waals surface area (Å²) < 4.78 is 0. The average Bonchev–Trinajstić information content (AvgIpc) is 1.97. The zero-order valence-electron chi connectivity index (χ0n) is 7.14. The van der Waals surface area contributed by atoms with Gasteiger partial charge in [0.2, 0.25) is 0 Å². The van der Waals surface area contributed by atoms with Crippen molar-refractivity contribution in [3.8, 4) is 0 Å². The molecule has 0 aliphatic rings. The summed E-state index contributed by atoms with van der Waals surface area (Å²) in [5, 5.41) is 4.56. The molecule has 0 aromatic rings. The van der Waals surface area contributed by atoms with Crippen molar-refractivity contribution < 1.29 is 10.6 Å². The van der Waals surface area contributed by atoms with E-state index in [9.17, 15) is 0 Å². The predicted octanol–water partition coefficient (Wildman–Crippen LogP) is -1.29. The number of hydrogen-bond donors (Lipinski definition) is 2. The molecule has 0 unspecified atom stereocenters. The van der Waals surface area contributed by atoms with Crippen LogP contribution in [0.25, 0.3) is 0 Å². The lowest BCUT2D eigenvalue weighted by molar-refractivity contribution is -0.646.